The maximum absolute atomic E-state index is 12.9. The number of halogens is 1. The molecule has 1 N–H and O–H groups in total. The highest BCUT2D eigenvalue weighted by atomic mass is 35.5. The second-order valence-corrected chi connectivity index (χ2v) is 6.74. The van der Waals surface area contributed by atoms with Crippen LogP contribution in [0.3, 0.4) is 0 Å². The molecule has 2 aliphatic heterocycles. The van der Waals surface area contributed by atoms with Crippen LogP contribution in [0.15, 0.2) is 41.4 Å². The Morgan fingerprint density at radius 3 is 2.84 bits per heavy atom. The number of nitrogens with zero attached hydrogens (tertiary/aromatic N) is 3. The number of ketones is 1. The Bertz CT molecular complexity index is 993. The molecule has 0 radical (unpaired) electrons. The first-order valence-electron chi connectivity index (χ1n) is 7.88. The number of rotatable bonds is 1. The monoisotopic (exact) mass is 351 g/mol. The molecule has 6 heteroatoms. The van der Waals surface area contributed by atoms with Crippen LogP contribution in [-0.4, -0.2) is 28.9 Å². The highest BCUT2D eigenvalue weighted by Crippen LogP contribution is 2.40. The number of benzene rings is 2. The van der Waals surface area contributed by atoms with E-state index in [4.69, 9.17) is 16.9 Å². The lowest BCUT2D eigenvalue weighted by molar-refractivity contribution is 0.0602. The van der Waals surface area contributed by atoms with Crippen LogP contribution >= 0.6 is 11.6 Å². The van der Waals surface area contributed by atoms with Crippen molar-refractivity contribution in [1.29, 1.82) is 5.26 Å². The van der Waals surface area contributed by atoms with Crippen LogP contribution in [0.25, 0.3) is 0 Å². The fourth-order valence-corrected chi connectivity index (χ4v) is 3.57. The zero-order valence-electron chi connectivity index (χ0n) is 13.5. The van der Waals surface area contributed by atoms with E-state index in [-0.39, 0.29) is 12.2 Å². The van der Waals surface area contributed by atoms with E-state index in [2.05, 4.69) is 11.1 Å². The number of hydrogen-bond donors (Lipinski definition) is 1. The van der Waals surface area contributed by atoms with Crippen LogP contribution in [-0.2, 0) is 0 Å². The van der Waals surface area contributed by atoms with Gasteiger partial charge in [0.15, 0.2) is 5.60 Å². The summed E-state index contributed by atoms with van der Waals surface area (Å²) in [5, 5.41) is 20.5. The van der Waals surface area contributed by atoms with E-state index in [0.717, 1.165) is 11.3 Å². The highest BCUT2D eigenvalue weighted by Gasteiger charge is 2.52. The number of aliphatic imine (C=N–C) groups is 1. The Kier molecular flexibility index (Phi) is 3.43. The summed E-state index contributed by atoms with van der Waals surface area (Å²) in [6, 6.07) is 12.5. The second-order valence-electron chi connectivity index (χ2n) is 6.30. The molecule has 0 amide bonds. The summed E-state index contributed by atoms with van der Waals surface area (Å²) in [6.45, 7) is 2.32. The maximum atomic E-state index is 12.9. The van der Waals surface area contributed by atoms with Crippen LogP contribution in [0.1, 0.15) is 27.9 Å². The van der Waals surface area contributed by atoms with Gasteiger partial charge in [0.05, 0.1) is 17.3 Å². The van der Waals surface area contributed by atoms with Crippen LogP contribution in [0.2, 0.25) is 5.02 Å². The third kappa shape index (κ3) is 2.26. The number of aryl methyl sites for hydroxylation is 1. The Balaban J connectivity index is 1.84. The van der Waals surface area contributed by atoms with Gasteiger partial charge in [-0.25, -0.2) is 4.99 Å². The smallest absolute Gasteiger partial charge is 0.204 e. The van der Waals surface area contributed by atoms with Gasteiger partial charge in [-0.15, -0.1) is 0 Å². The Morgan fingerprint density at radius 1 is 1.32 bits per heavy atom. The van der Waals surface area contributed by atoms with Crippen LogP contribution in [0, 0.1) is 18.3 Å². The molecule has 0 spiro atoms. The number of carbonyl (C=O) groups is 1. The summed E-state index contributed by atoms with van der Waals surface area (Å²) in [4.78, 5) is 19.2. The van der Waals surface area contributed by atoms with Crippen molar-refractivity contribution in [3.8, 4) is 6.07 Å². The third-order valence-electron chi connectivity index (χ3n) is 4.77. The topological polar surface area (TPSA) is 76.7 Å². The number of amidine groups is 1. The maximum Gasteiger partial charge on any atom is 0.204 e. The molecular formula is C19H14ClN3O2. The number of carbonyl (C=O) groups excluding carboxylic acids is 1. The van der Waals surface area contributed by atoms with Crippen molar-refractivity contribution in [3.05, 3.63) is 58.1 Å². The highest BCUT2D eigenvalue weighted by molar-refractivity contribution is 6.33. The van der Waals surface area contributed by atoms with E-state index in [1.54, 1.807) is 24.3 Å². The Hall–Kier alpha value is -2.68. The van der Waals surface area contributed by atoms with Crippen molar-refractivity contribution in [1.82, 2.24) is 0 Å². The molecule has 124 valence electrons. The van der Waals surface area contributed by atoms with Crippen molar-refractivity contribution in [2.24, 2.45) is 4.99 Å². The molecule has 1 fully saturated rings. The number of fused-ring (bicyclic) bond motifs is 2. The molecule has 2 heterocycles. The van der Waals surface area contributed by atoms with Crippen LogP contribution in [0.5, 0.6) is 0 Å². The zero-order valence-corrected chi connectivity index (χ0v) is 14.2. The molecule has 0 bridgehead atoms. The molecule has 25 heavy (non-hydrogen) atoms. The molecule has 0 aromatic heterocycles. The summed E-state index contributed by atoms with van der Waals surface area (Å²) in [6.07, 6.45) is 0.260. The van der Waals surface area contributed by atoms with Crippen LogP contribution < -0.4 is 4.90 Å². The van der Waals surface area contributed by atoms with Gasteiger partial charge in [0, 0.05) is 29.2 Å². The molecular weight excluding hydrogens is 338 g/mol. The third-order valence-corrected chi connectivity index (χ3v) is 5.01. The van der Waals surface area contributed by atoms with E-state index in [0.29, 0.717) is 34.2 Å². The number of Topliss-reactive ketones (excluding diaryl/α,β-unsaturated/α-hetero) is 1. The number of aliphatic hydroxyl groups is 1. The normalized spacial score (nSPS) is 21.4. The molecule has 2 aromatic carbocycles. The molecule has 0 saturated carbocycles. The minimum Gasteiger partial charge on any atom is -0.374 e. The zero-order chi connectivity index (χ0) is 17.8. The molecule has 5 nitrogen and oxygen atoms in total. The van der Waals surface area contributed by atoms with Gasteiger partial charge in [-0.05, 0) is 48.9 Å². The van der Waals surface area contributed by atoms with Crippen molar-refractivity contribution in [3.63, 3.8) is 0 Å². The number of nitriles is 1. The molecule has 1 atom stereocenters. The van der Waals surface area contributed by atoms with E-state index in [1.165, 1.54) is 0 Å². The predicted molar refractivity (Wildman–Crippen MR) is 95.7 cm³/mol. The minimum atomic E-state index is -1.64. The summed E-state index contributed by atoms with van der Waals surface area (Å²) in [5.41, 5.74) is 1.45. The van der Waals surface area contributed by atoms with E-state index < -0.39 is 5.60 Å². The van der Waals surface area contributed by atoms with Gasteiger partial charge < -0.3 is 10.0 Å². The van der Waals surface area contributed by atoms with Gasteiger partial charge in [-0.3, -0.25) is 4.79 Å². The van der Waals surface area contributed by atoms with Gasteiger partial charge in [-0.2, -0.15) is 5.26 Å². The minimum absolute atomic E-state index is 0.260. The molecule has 4 rings (SSSR count). The summed E-state index contributed by atoms with van der Waals surface area (Å²) in [5.74, 6) is -0.0423. The van der Waals surface area contributed by atoms with Gasteiger partial charge in [0.25, 0.3) is 0 Å². The SMILES string of the molecule is Cc1cc(N2CCC3(O)C(=O)c4cc(Cl)ccc4N=C23)ccc1C#N. The fraction of sp³-hybridized carbons (Fsp3) is 0.211. The number of anilines is 1. The first-order chi connectivity index (χ1) is 11.9. The standard InChI is InChI=1S/C19H14ClN3O2/c1-11-8-14(4-2-12(11)10-21)23-7-6-19(25)17(24)15-9-13(20)3-5-16(15)22-18(19)23/h2-5,8-9,25H,6-7H2,1H3. The Labute approximate surface area is 149 Å². The van der Waals surface area contributed by atoms with Gasteiger partial charge in [0.1, 0.15) is 5.84 Å². The average Bonchev–Trinajstić information content (AvgIpc) is 2.94. The first-order valence-corrected chi connectivity index (χ1v) is 8.26. The molecule has 0 aliphatic carbocycles. The Morgan fingerprint density at radius 2 is 2.12 bits per heavy atom. The van der Waals surface area contributed by atoms with Crippen molar-refractivity contribution in [2.75, 3.05) is 11.4 Å². The van der Waals surface area contributed by atoms with E-state index in [9.17, 15) is 9.90 Å². The lowest BCUT2D eigenvalue weighted by Crippen LogP contribution is -2.48. The molecule has 2 aromatic rings. The van der Waals surface area contributed by atoms with Gasteiger partial charge >= 0.3 is 0 Å². The average molecular weight is 352 g/mol. The van der Waals surface area contributed by atoms with Gasteiger partial charge in [0.2, 0.25) is 5.78 Å². The summed E-state index contributed by atoms with van der Waals surface area (Å²) in [7, 11) is 0. The van der Waals surface area contributed by atoms with Crippen molar-refractivity contribution >= 4 is 34.6 Å². The largest absolute Gasteiger partial charge is 0.374 e. The number of hydrogen-bond acceptors (Lipinski definition) is 5. The van der Waals surface area contributed by atoms with E-state index in [1.807, 2.05) is 24.0 Å². The predicted octanol–water partition coefficient (Wildman–Crippen LogP) is 3.39. The van der Waals surface area contributed by atoms with Crippen molar-refractivity contribution in [2.45, 2.75) is 18.9 Å². The van der Waals surface area contributed by atoms with E-state index >= 15 is 0 Å². The summed E-state index contributed by atoms with van der Waals surface area (Å²) >= 11 is 5.98. The molecule has 1 saturated heterocycles. The first kappa shape index (κ1) is 15.8. The quantitative estimate of drug-likeness (QED) is 0.854. The van der Waals surface area contributed by atoms with Crippen LogP contribution in [0.4, 0.5) is 11.4 Å². The molecule has 1 unspecified atom stereocenters. The van der Waals surface area contributed by atoms with Crippen molar-refractivity contribution < 1.29 is 9.90 Å². The molecule has 2 aliphatic rings. The second kappa shape index (κ2) is 5.41. The fourth-order valence-electron chi connectivity index (χ4n) is 3.40. The van der Waals surface area contributed by atoms with Gasteiger partial charge in [-0.1, -0.05) is 11.6 Å². The lowest BCUT2D eigenvalue weighted by Gasteiger charge is -2.29. The lowest BCUT2D eigenvalue weighted by atomic mass is 9.87. The summed E-state index contributed by atoms with van der Waals surface area (Å²) < 4.78 is 0.